The van der Waals surface area contributed by atoms with Crippen LogP contribution in [0.3, 0.4) is 0 Å². The Morgan fingerprint density at radius 2 is 1.10 bits per heavy atom. The first-order valence-corrected chi connectivity index (χ1v) is 10.7. The van der Waals surface area contributed by atoms with Crippen LogP contribution in [0.25, 0.3) is 0 Å². The van der Waals surface area contributed by atoms with Gasteiger partial charge in [0.05, 0.1) is 26.4 Å². The van der Waals surface area contributed by atoms with Crippen molar-refractivity contribution in [1.82, 2.24) is 0 Å². The Balaban J connectivity index is 1.27. The predicted molar refractivity (Wildman–Crippen MR) is 113 cm³/mol. The van der Waals surface area contributed by atoms with E-state index in [1.165, 1.54) is 11.1 Å². The maximum Gasteiger partial charge on any atom is 0.228 e. The molecule has 2 heterocycles. The second-order valence-corrected chi connectivity index (χ2v) is 8.43. The molecule has 6 heteroatoms. The minimum atomic E-state index is -0.319. The van der Waals surface area contributed by atoms with Crippen LogP contribution >= 0.6 is 0 Å². The normalized spacial score (nSPS) is 22.3. The van der Waals surface area contributed by atoms with E-state index in [1.54, 1.807) is 0 Å². The van der Waals surface area contributed by atoms with Gasteiger partial charge in [0, 0.05) is 23.2 Å². The highest BCUT2D eigenvalue weighted by atomic mass is 16.5. The molecule has 2 N–H and O–H groups in total. The van der Waals surface area contributed by atoms with Gasteiger partial charge in [-0.25, -0.2) is 0 Å². The van der Waals surface area contributed by atoms with Crippen LogP contribution < -0.4 is 10.6 Å². The number of ether oxygens (including phenoxy) is 2. The molecule has 156 valence electrons. The van der Waals surface area contributed by atoms with Crippen molar-refractivity contribution in [3.63, 3.8) is 0 Å². The summed E-state index contributed by atoms with van der Waals surface area (Å²) in [6.45, 7) is 2.42. The fraction of sp³-hybridized carbons (Fsp3) is 0.417. The number of benzene rings is 2. The van der Waals surface area contributed by atoms with Gasteiger partial charge in [0.2, 0.25) is 11.8 Å². The van der Waals surface area contributed by atoms with Crippen LogP contribution in [0.1, 0.15) is 47.9 Å². The molecule has 0 saturated heterocycles. The highest BCUT2D eigenvalue weighted by Crippen LogP contribution is 2.33. The smallest absolute Gasteiger partial charge is 0.228 e. The average Bonchev–Trinajstić information content (AvgIpc) is 3.42. The zero-order chi connectivity index (χ0) is 20.5. The molecule has 2 aliphatic heterocycles. The number of anilines is 2. The lowest BCUT2D eigenvalue weighted by Crippen LogP contribution is -2.38. The standard InChI is InChI=1S/C24H26N2O4/c27-23(25-19-7-5-15-11-29-13-17(15)9-19)21-3-1-2-4-22(21)24(28)26-20-8-6-16-12-30-14-18(16)10-20/h5-10,21-22H,1-4,11-14H2,(H,25,27)(H,26,28)/t21-,22-/m1/s1. The number of carbonyl (C=O) groups excluding carboxylic acids is 2. The van der Waals surface area contributed by atoms with Crippen LogP contribution in [-0.4, -0.2) is 11.8 Å². The molecule has 1 aliphatic carbocycles. The van der Waals surface area contributed by atoms with Crippen molar-refractivity contribution in [1.29, 1.82) is 0 Å². The molecule has 6 nitrogen and oxygen atoms in total. The van der Waals surface area contributed by atoms with Crippen LogP contribution in [-0.2, 0) is 45.5 Å². The Bertz CT molecular complexity index is 908. The number of hydrogen-bond acceptors (Lipinski definition) is 4. The molecule has 0 aromatic heterocycles. The number of carbonyl (C=O) groups is 2. The van der Waals surface area contributed by atoms with Gasteiger partial charge >= 0.3 is 0 Å². The Morgan fingerprint density at radius 1 is 0.667 bits per heavy atom. The fourth-order valence-corrected chi connectivity index (χ4v) is 4.73. The highest BCUT2D eigenvalue weighted by molar-refractivity contribution is 6.00. The lowest BCUT2D eigenvalue weighted by Gasteiger charge is -2.29. The van der Waals surface area contributed by atoms with Gasteiger partial charge in [-0.15, -0.1) is 0 Å². The molecule has 5 rings (SSSR count). The van der Waals surface area contributed by atoms with Gasteiger partial charge in [-0.2, -0.15) is 0 Å². The maximum absolute atomic E-state index is 13.0. The maximum atomic E-state index is 13.0. The van der Waals surface area contributed by atoms with Gasteiger partial charge in [-0.3, -0.25) is 9.59 Å². The van der Waals surface area contributed by atoms with Crippen molar-refractivity contribution in [2.75, 3.05) is 10.6 Å². The topological polar surface area (TPSA) is 76.7 Å². The lowest BCUT2D eigenvalue weighted by molar-refractivity contribution is -0.130. The van der Waals surface area contributed by atoms with Gasteiger partial charge < -0.3 is 20.1 Å². The second kappa shape index (κ2) is 8.20. The minimum absolute atomic E-state index is 0.0731. The molecule has 0 radical (unpaired) electrons. The third kappa shape index (κ3) is 3.85. The lowest BCUT2D eigenvalue weighted by atomic mass is 9.78. The van der Waals surface area contributed by atoms with Crippen molar-refractivity contribution < 1.29 is 19.1 Å². The van der Waals surface area contributed by atoms with E-state index in [0.717, 1.165) is 48.2 Å². The van der Waals surface area contributed by atoms with Gasteiger partial charge in [-0.05, 0) is 59.4 Å². The summed E-state index contributed by atoms with van der Waals surface area (Å²) in [5.74, 6) is -0.783. The Kier molecular flexibility index (Phi) is 5.27. The first-order chi connectivity index (χ1) is 14.7. The summed E-state index contributed by atoms with van der Waals surface area (Å²) in [6.07, 6.45) is 3.40. The van der Waals surface area contributed by atoms with Crippen LogP contribution in [0, 0.1) is 11.8 Å². The van der Waals surface area contributed by atoms with E-state index in [-0.39, 0.29) is 23.7 Å². The summed E-state index contributed by atoms with van der Waals surface area (Å²) in [6, 6.07) is 11.8. The van der Waals surface area contributed by atoms with E-state index in [2.05, 4.69) is 10.6 Å². The van der Waals surface area contributed by atoms with Crippen LogP contribution in [0.2, 0.25) is 0 Å². The number of hydrogen-bond donors (Lipinski definition) is 2. The van der Waals surface area contributed by atoms with E-state index >= 15 is 0 Å². The zero-order valence-corrected chi connectivity index (χ0v) is 16.9. The van der Waals surface area contributed by atoms with Crippen molar-refractivity contribution in [3.05, 3.63) is 58.7 Å². The van der Waals surface area contributed by atoms with Gasteiger partial charge in [-0.1, -0.05) is 25.0 Å². The third-order valence-corrected chi connectivity index (χ3v) is 6.42. The highest BCUT2D eigenvalue weighted by Gasteiger charge is 2.36. The predicted octanol–water partition coefficient (Wildman–Crippen LogP) is 4.13. The molecule has 0 bridgehead atoms. The molecular weight excluding hydrogens is 380 g/mol. The van der Waals surface area contributed by atoms with E-state index in [1.807, 2.05) is 36.4 Å². The molecule has 30 heavy (non-hydrogen) atoms. The van der Waals surface area contributed by atoms with E-state index < -0.39 is 0 Å². The van der Waals surface area contributed by atoms with Gasteiger partial charge in [0.15, 0.2) is 0 Å². The molecule has 2 amide bonds. The molecule has 0 spiro atoms. The molecule has 1 saturated carbocycles. The van der Waals surface area contributed by atoms with Crippen molar-refractivity contribution in [2.45, 2.75) is 52.1 Å². The number of amides is 2. The van der Waals surface area contributed by atoms with Crippen molar-refractivity contribution in [2.24, 2.45) is 11.8 Å². The summed E-state index contributed by atoms with van der Waals surface area (Å²) in [5, 5.41) is 6.07. The first-order valence-electron chi connectivity index (χ1n) is 10.7. The second-order valence-electron chi connectivity index (χ2n) is 8.43. The Morgan fingerprint density at radius 3 is 1.57 bits per heavy atom. The van der Waals surface area contributed by atoms with Gasteiger partial charge in [0.1, 0.15) is 0 Å². The fourth-order valence-electron chi connectivity index (χ4n) is 4.73. The molecule has 2 atom stereocenters. The monoisotopic (exact) mass is 406 g/mol. The Hall–Kier alpha value is -2.70. The molecule has 0 unspecified atom stereocenters. The van der Waals surface area contributed by atoms with E-state index in [9.17, 15) is 9.59 Å². The third-order valence-electron chi connectivity index (χ3n) is 6.42. The molecular formula is C24H26N2O4. The zero-order valence-electron chi connectivity index (χ0n) is 16.9. The molecule has 2 aromatic rings. The van der Waals surface area contributed by atoms with Crippen LogP contribution in [0.15, 0.2) is 36.4 Å². The van der Waals surface area contributed by atoms with E-state index in [0.29, 0.717) is 26.4 Å². The summed E-state index contributed by atoms with van der Waals surface area (Å²) < 4.78 is 10.9. The summed E-state index contributed by atoms with van der Waals surface area (Å²) >= 11 is 0. The average molecular weight is 406 g/mol. The van der Waals surface area contributed by atoms with Crippen molar-refractivity contribution in [3.8, 4) is 0 Å². The summed E-state index contributed by atoms with van der Waals surface area (Å²) in [5.41, 5.74) is 6.11. The largest absolute Gasteiger partial charge is 0.372 e. The number of nitrogens with one attached hydrogen (secondary N) is 2. The molecule has 1 fully saturated rings. The summed E-state index contributed by atoms with van der Waals surface area (Å²) in [7, 11) is 0. The van der Waals surface area contributed by atoms with Crippen molar-refractivity contribution >= 4 is 23.2 Å². The number of fused-ring (bicyclic) bond motifs is 2. The SMILES string of the molecule is O=C(Nc1ccc2c(c1)COC2)[C@@H]1CCCC[C@H]1C(=O)Nc1ccc2c(c1)COC2. The quantitative estimate of drug-likeness (QED) is 0.800. The first kappa shape index (κ1) is 19.3. The molecule has 2 aromatic carbocycles. The molecule has 3 aliphatic rings. The van der Waals surface area contributed by atoms with Crippen LogP contribution in [0.4, 0.5) is 11.4 Å². The number of rotatable bonds is 4. The minimum Gasteiger partial charge on any atom is -0.372 e. The van der Waals surface area contributed by atoms with E-state index in [4.69, 9.17) is 9.47 Å². The Labute approximate surface area is 176 Å². The summed E-state index contributed by atoms with van der Waals surface area (Å²) in [4.78, 5) is 26.1. The van der Waals surface area contributed by atoms with Crippen LogP contribution in [0.5, 0.6) is 0 Å². The van der Waals surface area contributed by atoms with Gasteiger partial charge in [0.25, 0.3) is 0 Å².